The molecule has 0 bridgehead atoms. The number of nitrogens with one attached hydrogen (secondary N) is 2. The summed E-state index contributed by atoms with van der Waals surface area (Å²) in [5.41, 5.74) is 1.66. The number of methoxy groups -OCH3 is 1. The first-order valence-corrected chi connectivity index (χ1v) is 9.34. The number of hydrogen-bond acceptors (Lipinski definition) is 6. The summed E-state index contributed by atoms with van der Waals surface area (Å²) in [4.78, 5) is 30.0. The molecule has 0 saturated carbocycles. The Balaban J connectivity index is 1.59. The minimum Gasteiger partial charge on any atom is -0.497 e. The van der Waals surface area contributed by atoms with Gasteiger partial charge in [-0.2, -0.15) is 0 Å². The van der Waals surface area contributed by atoms with Crippen molar-refractivity contribution in [1.29, 1.82) is 0 Å². The van der Waals surface area contributed by atoms with E-state index in [4.69, 9.17) is 9.26 Å². The molecule has 1 aliphatic rings. The third kappa shape index (κ3) is 3.84. The molecule has 0 aliphatic carbocycles. The van der Waals surface area contributed by atoms with Crippen LogP contribution in [0.3, 0.4) is 0 Å². The van der Waals surface area contributed by atoms with E-state index in [1.54, 1.807) is 44.4 Å². The van der Waals surface area contributed by atoms with Gasteiger partial charge in [-0.1, -0.05) is 5.16 Å². The first-order valence-electron chi connectivity index (χ1n) is 9.34. The molecule has 1 aromatic carbocycles. The van der Waals surface area contributed by atoms with Crippen LogP contribution in [0.2, 0.25) is 0 Å². The maximum absolute atomic E-state index is 12.9. The van der Waals surface area contributed by atoms with Gasteiger partial charge in [0.1, 0.15) is 11.5 Å². The van der Waals surface area contributed by atoms with Crippen LogP contribution >= 0.6 is 0 Å². The fourth-order valence-electron chi connectivity index (χ4n) is 3.36. The van der Waals surface area contributed by atoms with E-state index in [2.05, 4.69) is 20.8 Å². The van der Waals surface area contributed by atoms with Gasteiger partial charge in [0.15, 0.2) is 17.3 Å². The molecule has 2 N–H and O–H groups in total. The number of imidazole rings is 1. The van der Waals surface area contributed by atoms with E-state index in [-0.39, 0.29) is 17.4 Å². The van der Waals surface area contributed by atoms with Crippen molar-refractivity contribution in [2.45, 2.75) is 32.7 Å². The zero-order valence-electron chi connectivity index (χ0n) is 16.2. The molecule has 2 amide bonds. The predicted octanol–water partition coefficient (Wildman–Crippen LogP) is 3.03. The van der Waals surface area contributed by atoms with Gasteiger partial charge in [0.25, 0.3) is 11.8 Å². The number of amides is 2. The van der Waals surface area contributed by atoms with Gasteiger partial charge < -0.3 is 24.5 Å². The molecule has 29 heavy (non-hydrogen) atoms. The molecule has 0 spiro atoms. The molecule has 3 aromatic rings. The highest BCUT2D eigenvalue weighted by Crippen LogP contribution is 2.23. The van der Waals surface area contributed by atoms with E-state index in [1.165, 1.54) is 0 Å². The first kappa shape index (κ1) is 18.7. The van der Waals surface area contributed by atoms with Crippen molar-refractivity contribution < 1.29 is 18.8 Å². The van der Waals surface area contributed by atoms with E-state index < -0.39 is 5.91 Å². The summed E-state index contributed by atoms with van der Waals surface area (Å²) in [5, 5.41) is 9.28. The molecule has 0 radical (unpaired) electrons. The molecule has 3 heterocycles. The summed E-state index contributed by atoms with van der Waals surface area (Å²) in [6.45, 7) is 2.38. The Morgan fingerprint density at radius 1 is 1.14 bits per heavy atom. The molecular formula is C20H21N5O4. The SMILES string of the molecule is COc1ccc(NC(=O)c2nc(C(=O)Nc3cc(C)on3)n3c2CCCC3)cc1. The summed E-state index contributed by atoms with van der Waals surface area (Å²) in [7, 11) is 1.58. The number of hydrogen-bond donors (Lipinski definition) is 2. The number of carbonyl (C=O) groups excluding carboxylic acids is 2. The number of fused-ring (bicyclic) bond motifs is 1. The molecule has 150 valence electrons. The fraction of sp³-hybridized carbons (Fsp3) is 0.300. The van der Waals surface area contributed by atoms with Crippen molar-refractivity contribution in [3.05, 3.63) is 53.3 Å². The van der Waals surface area contributed by atoms with E-state index in [9.17, 15) is 9.59 Å². The standard InChI is InChI=1S/C20H21N5O4/c1-12-11-16(24-29-12)22-20(27)18-23-17(15-5-3-4-10-25(15)18)19(26)21-13-6-8-14(28-2)9-7-13/h6-9,11H,3-5,10H2,1-2H3,(H,21,26)(H,22,24,27). The fourth-order valence-corrected chi connectivity index (χ4v) is 3.36. The van der Waals surface area contributed by atoms with Gasteiger partial charge in [-0.25, -0.2) is 4.98 Å². The smallest absolute Gasteiger partial charge is 0.292 e. The lowest BCUT2D eigenvalue weighted by atomic mass is 10.1. The number of aromatic nitrogens is 3. The number of aryl methyl sites for hydroxylation is 1. The van der Waals surface area contributed by atoms with E-state index in [0.717, 1.165) is 18.5 Å². The zero-order valence-corrected chi connectivity index (χ0v) is 16.2. The number of anilines is 2. The monoisotopic (exact) mass is 395 g/mol. The van der Waals surface area contributed by atoms with Gasteiger partial charge in [-0.15, -0.1) is 0 Å². The Hall–Kier alpha value is -3.62. The Kier molecular flexibility index (Phi) is 5.03. The van der Waals surface area contributed by atoms with E-state index in [0.29, 0.717) is 36.0 Å². The minimum absolute atomic E-state index is 0.195. The quantitative estimate of drug-likeness (QED) is 0.687. The van der Waals surface area contributed by atoms with Gasteiger partial charge in [-0.05, 0) is 50.5 Å². The van der Waals surface area contributed by atoms with Gasteiger partial charge >= 0.3 is 0 Å². The van der Waals surface area contributed by atoms with Crippen LogP contribution in [0.4, 0.5) is 11.5 Å². The molecule has 0 unspecified atom stereocenters. The molecule has 4 rings (SSSR count). The van der Waals surface area contributed by atoms with Crippen LogP contribution in [-0.2, 0) is 13.0 Å². The maximum Gasteiger partial charge on any atom is 0.292 e. The lowest BCUT2D eigenvalue weighted by molar-refractivity contribution is 0.101. The highest BCUT2D eigenvalue weighted by atomic mass is 16.5. The number of rotatable bonds is 5. The summed E-state index contributed by atoms with van der Waals surface area (Å²) in [6, 6.07) is 8.64. The molecule has 0 fully saturated rings. The predicted molar refractivity (Wildman–Crippen MR) is 105 cm³/mol. The van der Waals surface area contributed by atoms with Gasteiger partial charge in [0, 0.05) is 18.3 Å². The van der Waals surface area contributed by atoms with Crippen molar-refractivity contribution in [2.75, 3.05) is 17.7 Å². The summed E-state index contributed by atoms with van der Waals surface area (Å²) in [6.07, 6.45) is 2.55. The molecule has 2 aromatic heterocycles. The molecular weight excluding hydrogens is 374 g/mol. The van der Waals surface area contributed by atoms with Crippen LogP contribution in [-0.4, -0.2) is 33.6 Å². The minimum atomic E-state index is -0.426. The Bertz CT molecular complexity index is 1050. The van der Waals surface area contributed by atoms with Crippen LogP contribution < -0.4 is 15.4 Å². The average Bonchev–Trinajstić information content (AvgIpc) is 3.32. The molecule has 9 heteroatoms. The van der Waals surface area contributed by atoms with Crippen molar-refractivity contribution in [3.63, 3.8) is 0 Å². The number of benzene rings is 1. The molecule has 9 nitrogen and oxygen atoms in total. The maximum atomic E-state index is 12.9. The van der Waals surface area contributed by atoms with Crippen LogP contribution in [0, 0.1) is 6.92 Å². The Morgan fingerprint density at radius 3 is 2.62 bits per heavy atom. The third-order valence-corrected chi connectivity index (χ3v) is 4.75. The second-order valence-corrected chi connectivity index (χ2v) is 6.80. The average molecular weight is 395 g/mol. The summed E-state index contributed by atoms with van der Waals surface area (Å²) < 4.78 is 11.9. The van der Waals surface area contributed by atoms with E-state index in [1.807, 2.05) is 4.57 Å². The molecule has 0 saturated heterocycles. The highest BCUT2D eigenvalue weighted by molar-refractivity contribution is 6.06. The van der Waals surface area contributed by atoms with Crippen molar-refractivity contribution in [3.8, 4) is 5.75 Å². The topological polar surface area (TPSA) is 111 Å². The van der Waals surface area contributed by atoms with Crippen molar-refractivity contribution in [2.24, 2.45) is 0 Å². The van der Waals surface area contributed by atoms with Crippen molar-refractivity contribution >= 4 is 23.3 Å². The number of nitrogens with zero attached hydrogens (tertiary/aromatic N) is 3. The van der Waals surface area contributed by atoms with Crippen LogP contribution in [0.25, 0.3) is 0 Å². The van der Waals surface area contributed by atoms with Crippen LogP contribution in [0.1, 0.15) is 45.4 Å². The second-order valence-electron chi connectivity index (χ2n) is 6.80. The molecule has 1 aliphatic heterocycles. The number of ether oxygens (including phenoxy) is 1. The van der Waals surface area contributed by atoms with Crippen molar-refractivity contribution in [1.82, 2.24) is 14.7 Å². The lowest BCUT2D eigenvalue weighted by Crippen LogP contribution is -2.21. The first-order chi connectivity index (χ1) is 14.0. The van der Waals surface area contributed by atoms with Crippen LogP contribution in [0.5, 0.6) is 5.75 Å². The van der Waals surface area contributed by atoms with E-state index >= 15 is 0 Å². The highest BCUT2D eigenvalue weighted by Gasteiger charge is 2.28. The third-order valence-electron chi connectivity index (χ3n) is 4.75. The normalized spacial score (nSPS) is 12.9. The van der Waals surface area contributed by atoms with Gasteiger partial charge in [-0.3, -0.25) is 9.59 Å². The lowest BCUT2D eigenvalue weighted by Gasteiger charge is -2.16. The summed E-state index contributed by atoms with van der Waals surface area (Å²) in [5.74, 6) is 1.02. The second kappa shape index (κ2) is 7.78. The Morgan fingerprint density at radius 2 is 1.93 bits per heavy atom. The van der Waals surface area contributed by atoms with Gasteiger partial charge in [0.2, 0.25) is 0 Å². The summed E-state index contributed by atoms with van der Waals surface area (Å²) >= 11 is 0. The Labute approximate surface area is 167 Å². The number of carbonyl (C=O) groups is 2. The largest absolute Gasteiger partial charge is 0.497 e. The van der Waals surface area contributed by atoms with Gasteiger partial charge in [0.05, 0.1) is 12.8 Å². The van der Waals surface area contributed by atoms with Crippen LogP contribution in [0.15, 0.2) is 34.9 Å². The zero-order chi connectivity index (χ0) is 20.4. The molecule has 0 atom stereocenters.